The Morgan fingerprint density at radius 2 is 2.19 bits per heavy atom. The molecule has 6 nitrogen and oxygen atoms in total. The van der Waals surface area contributed by atoms with Gasteiger partial charge in [-0.3, -0.25) is 19.7 Å². The van der Waals surface area contributed by atoms with E-state index in [1.54, 1.807) is 6.07 Å². The highest BCUT2D eigenvalue weighted by Crippen LogP contribution is 2.23. The number of aldehydes is 1. The van der Waals surface area contributed by atoms with Crippen LogP contribution in [0.25, 0.3) is 0 Å². The van der Waals surface area contributed by atoms with Gasteiger partial charge in [0.2, 0.25) is 0 Å². The van der Waals surface area contributed by atoms with Crippen molar-refractivity contribution < 1.29 is 14.5 Å². The first-order valence-electron chi connectivity index (χ1n) is 4.20. The maximum absolute atomic E-state index is 11.1. The van der Waals surface area contributed by atoms with Crippen molar-refractivity contribution in [3.63, 3.8) is 0 Å². The van der Waals surface area contributed by atoms with Gasteiger partial charge in [-0.2, -0.15) is 5.26 Å². The number of rotatable bonds is 3. The van der Waals surface area contributed by atoms with Gasteiger partial charge in [0.05, 0.1) is 22.1 Å². The molecule has 1 aromatic rings. The summed E-state index contributed by atoms with van der Waals surface area (Å²) < 4.78 is 0. The van der Waals surface area contributed by atoms with Crippen LogP contribution in [0.2, 0.25) is 0 Å². The number of hydrogen-bond donors (Lipinski definition) is 0. The van der Waals surface area contributed by atoms with Crippen molar-refractivity contribution in [1.82, 2.24) is 0 Å². The number of ketones is 1. The monoisotopic (exact) mass is 218 g/mol. The third kappa shape index (κ3) is 1.93. The molecule has 6 heteroatoms. The lowest BCUT2D eigenvalue weighted by Crippen LogP contribution is -2.03. The molecule has 80 valence electrons. The number of hydrogen-bond acceptors (Lipinski definition) is 5. The second kappa shape index (κ2) is 4.31. The van der Waals surface area contributed by atoms with Crippen LogP contribution in [0.5, 0.6) is 0 Å². The van der Waals surface area contributed by atoms with E-state index >= 15 is 0 Å². The van der Waals surface area contributed by atoms with E-state index < -0.39 is 16.4 Å². The zero-order valence-electron chi connectivity index (χ0n) is 8.26. The lowest BCUT2D eigenvalue weighted by molar-refractivity contribution is -0.385. The van der Waals surface area contributed by atoms with Gasteiger partial charge in [0.1, 0.15) is 0 Å². The lowest BCUT2D eigenvalue weighted by Gasteiger charge is -2.01. The normalized spacial score (nSPS) is 9.25. The number of nitro groups is 1. The minimum atomic E-state index is -0.759. The van der Waals surface area contributed by atoms with Crippen molar-refractivity contribution in [3.05, 3.63) is 38.9 Å². The fourth-order valence-electron chi connectivity index (χ4n) is 1.23. The van der Waals surface area contributed by atoms with Gasteiger partial charge in [-0.15, -0.1) is 0 Å². The van der Waals surface area contributed by atoms with Gasteiger partial charge < -0.3 is 0 Å². The molecule has 0 bridgehead atoms. The van der Waals surface area contributed by atoms with Crippen molar-refractivity contribution in [2.75, 3.05) is 0 Å². The van der Waals surface area contributed by atoms with Crippen molar-refractivity contribution in [3.8, 4) is 6.07 Å². The Morgan fingerprint density at radius 3 is 2.56 bits per heavy atom. The van der Waals surface area contributed by atoms with Gasteiger partial charge in [0, 0.05) is 11.6 Å². The topological polar surface area (TPSA) is 101 Å². The third-order valence-electron chi connectivity index (χ3n) is 1.99. The van der Waals surface area contributed by atoms with Crippen molar-refractivity contribution in [2.45, 2.75) is 6.92 Å². The predicted molar refractivity (Wildman–Crippen MR) is 53.2 cm³/mol. The summed E-state index contributed by atoms with van der Waals surface area (Å²) >= 11 is 0. The average Bonchev–Trinajstić information content (AvgIpc) is 2.26. The summed E-state index contributed by atoms with van der Waals surface area (Å²) in [4.78, 5) is 31.6. The largest absolute Gasteiger partial charge is 0.298 e. The molecule has 1 aromatic carbocycles. The van der Waals surface area contributed by atoms with Crippen LogP contribution < -0.4 is 0 Å². The van der Waals surface area contributed by atoms with Crippen LogP contribution in [0.4, 0.5) is 5.69 Å². The molecule has 0 spiro atoms. The molecule has 0 fully saturated rings. The molecule has 16 heavy (non-hydrogen) atoms. The van der Waals surface area contributed by atoms with Gasteiger partial charge >= 0.3 is 0 Å². The molecular weight excluding hydrogens is 212 g/mol. The van der Waals surface area contributed by atoms with Crippen molar-refractivity contribution >= 4 is 17.8 Å². The van der Waals surface area contributed by atoms with Crippen LogP contribution in [-0.4, -0.2) is 17.0 Å². The smallest absolute Gasteiger partial charge is 0.280 e. The van der Waals surface area contributed by atoms with E-state index in [4.69, 9.17) is 5.26 Å². The second-order valence-electron chi connectivity index (χ2n) is 3.00. The van der Waals surface area contributed by atoms with Crippen LogP contribution in [0.3, 0.4) is 0 Å². The van der Waals surface area contributed by atoms with Gasteiger partial charge in [-0.05, 0) is 13.0 Å². The fourth-order valence-corrected chi connectivity index (χ4v) is 1.23. The summed E-state index contributed by atoms with van der Waals surface area (Å²) in [5.74, 6) is -0.527. The molecule has 0 unspecified atom stereocenters. The van der Waals surface area contributed by atoms with Crippen LogP contribution in [-0.2, 0) is 0 Å². The molecule has 0 atom stereocenters. The Balaban J connectivity index is 3.62. The molecule has 0 saturated heterocycles. The first kappa shape index (κ1) is 11.5. The molecule has 0 aliphatic rings. The summed E-state index contributed by atoms with van der Waals surface area (Å²) in [5.41, 5.74) is -0.786. The quantitative estimate of drug-likeness (QED) is 0.331. The standard InChI is InChI=1S/C10H6N2O4/c1-6(14)9-2-7(4-11)8(5-13)3-10(9)12(15)16/h2-3,5H,1H3. The van der Waals surface area contributed by atoms with Gasteiger partial charge in [-0.1, -0.05) is 0 Å². The Kier molecular flexibility index (Phi) is 3.11. The summed E-state index contributed by atoms with van der Waals surface area (Å²) in [6, 6.07) is 3.69. The fraction of sp³-hybridized carbons (Fsp3) is 0.100. The molecule has 1 rings (SSSR count). The highest BCUT2D eigenvalue weighted by Gasteiger charge is 2.20. The highest BCUT2D eigenvalue weighted by atomic mass is 16.6. The van der Waals surface area contributed by atoms with E-state index in [0.717, 1.165) is 19.1 Å². The molecule has 0 heterocycles. The van der Waals surface area contributed by atoms with Crippen LogP contribution in [0.15, 0.2) is 12.1 Å². The first-order chi connectivity index (χ1) is 7.51. The van der Waals surface area contributed by atoms with Crippen molar-refractivity contribution in [1.29, 1.82) is 5.26 Å². The number of nitro benzene ring substituents is 1. The van der Waals surface area contributed by atoms with Crippen LogP contribution in [0.1, 0.15) is 33.2 Å². The maximum atomic E-state index is 11.1. The summed E-state index contributed by atoms with van der Waals surface area (Å²) in [7, 11) is 0. The number of nitriles is 1. The number of nitrogens with zero attached hydrogens (tertiary/aromatic N) is 2. The van der Waals surface area contributed by atoms with E-state index in [9.17, 15) is 19.7 Å². The van der Waals surface area contributed by atoms with Gasteiger partial charge in [-0.25, -0.2) is 0 Å². The van der Waals surface area contributed by atoms with E-state index in [-0.39, 0.29) is 16.7 Å². The molecule has 0 aliphatic carbocycles. The summed E-state index contributed by atoms with van der Waals surface area (Å²) in [6.45, 7) is 1.16. The Morgan fingerprint density at radius 1 is 1.56 bits per heavy atom. The van der Waals surface area contributed by atoms with E-state index in [0.29, 0.717) is 6.29 Å². The minimum Gasteiger partial charge on any atom is -0.298 e. The Bertz CT molecular complexity index is 528. The van der Waals surface area contributed by atoms with E-state index in [2.05, 4.69) is 0 Å². The number of carbonyl (C=O) groups is 2. The Hall–Kier alpha value is -2.55. The molecule has 0 N–H and O–H groups in total. The van der Waals surface area contributed by atoms with E-state index in [1.807, 2.05) is 0 Å². The van der Waals surface area contributed by atoms with Crippen LogP contribution >= 0.6 is 0 Å². The summed E-state index contributed by atoms with van der Waals surface area (Å²) in [5, 5.41) is 19.3. The average molecular weight is 218 g/mol. The lowest BCUT2D eigenvalue weighted by atomic mass is 10.0. The minimum absolute atomic E-state index is 0.0502. The number of carbonyl (C=O) groups excluding carboxylic acids is 2. The zero-order chi connectivity index (χ0) is 12.3. The molecule has 0 amide bonds. The van der Waals surface area contributed by atoms with E-state index in [1.165, 1.54) is 0 Å². The number of Topliss-reactive ketones (excluding diaryl/α,β-unsaturated/α-hetero) is 1. The maximum Gasteiger partial charge on any atom is 0.280 e. The SMILES string of the molecule is CC(=O)c1cc(C#N)c(C=O)cc1[N+](=O)[O-]. The van der Waals surface area contributed by atoms with Gasteiger partial charge in [0.25, 0.3) is 5.69 Å². The molecule has 0 saturated carbocycles. The highest BCUT2D eigenvalue weighted by molar-refractivity contribution is 5.99. The molecule has 0 aromatic heterocycles. The molecule has 0 radical (unpaired) electrons. The zero-order valence-corrected chi connectivity index (χ0v) is 8.26. The predicted octanol–water partition coefficient (Wildman–Crippen LogP) is 1.48. The Labute approximate surface area is 90.3 Å². The summed E-state index contributed by atoms with van der Waals surface area (Å²) in [6.07, 6.45) is 0.343. The van der Waals surface area contributed by atoms with Gasteiger partial charge in [0.15, 0.2) is 12.1 Å². The molecule has 0 aliphatic heterocycles. The third-order valence-corrected chi connectivity index (χ3v) is 1.99. The molecular formula is C10H6N2O4. The van der Waals surface area contributed by atoms with Crippen LogP contribution in [0, 0.1) is 21.4 Å². The van der Waals surface area contributed by atoms with Crippen molar-refractivity contribution in [2.24, 2.45) is 0 Å². The number of benzene rings is 1. The second-order valence-corrected chi connectivity index (χ2v) is 3.00. The first-order valence-corrected chi connectivity index (χ1v) is 4.20.